The molecule has 0 radical (unpaired) electrons. The first kappa shape index (κ1) is 16.7. The van der Waals surface area contributed by atoms with Crippen molar-refractivity contribution in [1.82, 2.24) is 9.97 Å². The summed E-state index contributed by atoms with van der Waals surface area (Å²) in [5.74, 6) is 2.60. The van der Waals surface area contributed by atoms with E-state index in [0.717, 1.165) is 41.2 Å². The lowest BCUT2D eigenvalue weighted by Crippen LogP contribution is -2.13. The molecule has 0 spiro atoms. The van der Waals surface area contributed by atoms with Gasteiger partial charge in [-0.2, -0.15) is 0 Å². The first-order chi connectivity index (χ1) is 10.3. The van der Waals surface area contributed by atoms with Crippen molar-refractivity contribution in [1.29, 1.82) is 0 Å². The molecule has 1 aromatic heterocycles. The summed E-state index contributed by atoms with van der Waals surface area (Å²) in [5, 5.41) is 3.45. The van der Waals surface area contributed by atoms with Crippen molar-refractivity contribution >= 4 is 21.7 Å². The maximum Gasteiger partial charge on any atom is 0.144 e. The molecular formula is C17H28BrN3. The molecule has 1 aliphatic rings. The highest BCUT2D eigenvalue weighted by molar-refractivity contribution is 9.10. The van der Waals surface area contributed by atoms with Crippen LogP contribution in [0.4, 0.5) is 5.82 Å². The molecule has 0 unspecified atom stereocenters. The monoisotopic (exact) mass is 353 g/mol. The Hall–Kier alpha value is -0.640. The Morgan fingerprint density at radius 2 is 1.71 bits per heavy atom. The SMILES string of the molecule is CCCNc1nc(C2CCCCCCC2)nc(CC)c1Br. The summed E-state index contributed by atoms with van der Waals surface area (Å²) >= 11 is 3.67. The summed E-state index contributed by atoms with van der Waals surface area (Å²) in [4.78, 5) is 9.70. The second kappa shape index (κ2) is 8.72. The van der Waals surface area contributed by atoms with Gasteiger partial charge in [0, 0.05) is 12.5 Å². The lowest BCUT2D eigenvalue weighted by atomic mass is 9.90. The van der Waals surface area contributed by atoms with Gasteiger partial charge in [-0.15, -0.1) is 0 Å². The summed E-state index contributed by atoms with van der Waals surface area (Å²) in [5.41, 5.74) is 1.14. The van der Waals surface area contributed by atoms with Crippen LogP contribution in [0.1, 0.15) is 82.7 Å². The van der Waals surface area contributed by atoms with Gasteiger partial charge in [-0.3, -0.25) is 0 Å². The van der Waals surface area contributed by atoms with Gasteiger partial charge in [-0.05, 0) is 41.6 Å². The van der Waals surface area contributed by atoms with E-state index < -0.39 is 0 Å². The molecule has 0 bridgehead atoms. The van der Waals surface area contributed by atoms with Crippen molar-refractivity contribution in [2.45, 2.75) is 77.6 Å². The molecule has 1 heterocycles. The van der Waals surface area contributed by atoms with E-state index in [-0.39, 0.29) is 0 Å². The molecule has 1 N–H and O–H groups in total. The number of hydrogen-bond donors (Lipinski definition) is 1. The first-order valence-electron chi connectivity index (χ1n) is 8.56. The summed E-state index contributed by atoms with van der Waals surface area (Å²) in [6, 6.07) is 0. The lowest BCUT2D eigenvalue weighted by Gasteiger charge is -2.20. The molecule has 0 atom stereocenters. The third kappa shape index (κ3) is 4.67. The second-order valence-electron chi connectivity index (χ2n) is 6.01. The van der Waals surface area contributed by atoms with Crippen LogP contribution in [0.25, 0.3) is 0 Å². The third-order valence-corrected chi connectivity index (χ3v) is 5.12. The van der Waals surface area contributed by atoms with Crippen molar-refractivity contribution in [3.05, 3.63) is 16.0 Å². The minimum Gasteiger partial charge on any atom is -0.369 e. The third-order valence-electron chi connectivity index (χ3n) is 4.28. The topological polar surface area (TPSA) is 37.8 Å². The number of nitrogens with one attached hydrogen (secondary N) is 1. The minimum absolute atomic E-state index is 0.547. The highest BCUT2D eigenvalue weighted by atomic mass is 79.9. The van der Waals surface area contributed by atoms with Crippen LogP contribution in [0.5, 0.6) is 0 Å². The first-order valence-corrected chi connectivity index (χ1v) is 9.35. The van der Waals surface area contributed by atoms with Gasteiger partial charge in [-0.25, -0.2) is 9.97 Å². The zero-order chi connectivity index (χ0) is 15.1. The van der Waals surface area contributed by atoms with Crippen LogP contribution in [0.3, 0.4) is 0 Å². The largest absolute Gasteiger partial charge is 0.369 e. The molecule has 0 saturated heterocycles. The molecule has 3 nitrogen and oxygen atoms in total. The Labute approximate surface area is 137 Å². The van der Waals surface area contributed by atoms with Crippen LogP contribution in [-0.2, 0) is 6.42 Å². The van der Waals surface area contributed by atoms with E-state index in [4.69, 9.17) is 9.97 Å². The highest BCUT2D eigenvalue weighted by Crippen LogP contribution is 2.32. The molecule has 0 amide bonds. The molecule has 0 aliphatic heterocycles. The Kier molecular flexibility index (Phi) is 6.94. The van der Waals surface area contributed by atoms with Crippen LogP contribution in [0, 0.1) is 0 Å². The van der Waals surface area contributed by atoms with E-state index in [1.54, 1.807) is 0 Å². The summed E-state index contributed by atoms with van der Waals surface area (Å²) < 4.78 is 1.05. The number of anilines is 1. The van der Waals surface area contributed by atoms with E-state index in [1.807, 2.05) is 0 Å². The van der Waals surface area contributed by atoms with Crippen LogP contribution in [0.15, 0.2) is 4.47 Å². The number of nitrogens with zero attached hydrogens (tertiary/aromatic N) is 2. The fourth-order valence-electron chi connectivity index (χ4n) is 3.00. The number of aryl methyl sites for hydroxylation is 1. The van der Waals surface area contributed by atoms with E-state index in [1.165, 1.54) is 44.9 Å². The Balaban J connectivity index is 2.23. The van der Waals surface area contributed by atoms with E-state index in [0.29, 0.717) is 5.92 Å². The van der Waals surface area contributed by atoms with Crippen LogP contribution in [-0.4, -0.2) is 16.5 Å². The molecule has 1 aromatic rings. The lowest BCUT2D eigenvalue weighted by molar-refractivity contribution is 0.441. The van der Waals surface area contributed by atoms with Gasteiger partial charge in [0.1, 0.15) is 11.6 Å². The Bertz CT molecular complexity index is 440. The van der Waals surface area contributed by atoms with E-state index in [2.05, 4.69) is 35.1 Å². The molecule has 0 aromatic carbocycles. The highest BCUT2D eigenvalue weighted by Gasteiger charge is 2.19. The molecule has 4 heteroatoms. The molecule has 1 aliphatic carbocycles. The van der Waals surface area contributed by atoms with Gasteiger partial charge in [0.05, 0.1) is 10.2 Å². The summed E-state index contributed by atoms with van der Waals surface area (Å²) in [6.07, 6.45) is 11.3. The van der Waals surface area contributed by atoms with Crippen LogP contribution >= 0.6 is 15.9 Å². The maximum atomic E-state index is 4.86. The van der Waals surface area contributed by atoms with Crippen molar-refractivity contribution in [2.24, 2.45) is 0 Å². The minimum atomic E-state index is 0.547. The smallest absolute Gasteiger partial charge is 0.144 e. The predicted molar refractivity (Wildman–Crippen MR) is 93.0 cm³/mol. The van der Waals surface area contributed by atoms with Crippen LogP contribution < -0.4 is 5.32 Å². The van der Waals surface area contributed by atoms with Gasteiger partial charge < -0.3 is 5.32 Å². The Morgan fingerprint density at radius 1 is 1.05 bits per heavy atom. The predicted octanol–water partition coefficient (Wildman–Crippen LogP) is 5.45. The molecule has 2 rings (SSSR count). The number of hydrogen-bond acceptors (Lipinski definition) is 3. The molecular weight excluding hydrogens is 326 g/mol. The average Bonchev–Trinajstić information content (AvgIpc) is 2.46. The summed E-state index contributed by atoms with van der Waals surface area (Å²) in [6.45, 7) is 5.31. The van der Waals surface area contributed by atoms with Gasteiger partial charge in [0.15, 0.2) is 0 Å². The van der Waals surface area contributed by atoms with Crippen molar-refractivity contribution in [3.8, 4) is 0 Å². The summed E-state index contributed by atoms with van der Waals surface area (Å²) in [7, 11) is 0. The van der Waals surface area contributed by atoms with E-state index >= 15 is 0 Å². The normalized spacial score (nSPS) is 17.3. The van der Waals surface area contributed by atoms with Crippen LogP contribution in [0.2, 0.25) is 0 Å². The number of halogens is 1. The van der Waals surface area contributed by atoms with Gasteiger partial charge >= 0.3 is 0 Å². The van der Waals surface area contributed by atoms with Crippen molar-refractivity contribution in [3.63, 3.8) is 0 Å². The maximum absolute atomic E-state index is 4.86. The van der Waals surface area contributed by atoms with Crippen molar-refractivity contribution in [2.75, 3.05) is 11.9 Å². The fourth-order valence-corrected chi connectivity index (χ4v) is 3.60. The average molecular weight is 354 g/mol. The van der Waals surface area contributed by atoms with E-state index in [9.17, 15) is 0 Å². The second-order valence-corrected chi connectivity index (χ2v) is 6.81. The zero-order valence-electron chi connectivity index (χ0n) is 13.4. The van der Waals surface area contributed by atoms with Gasteiger partial charge in [0.25, 0.3) is 0 Å². The van der Waals surface area contributed by atoms with Crippen molar-refractivity contribution < 1.29 is 0 Å². The fraction of sp³-hybridized carbons (Fsp3) is 0.765. The van der Waals surface area contributed by atoms with Gasteiger partial charge in [0.2, 0.25) is 0 Å². The number of rotatable bonds is 5. The Morgan fingerprint density at radius 3 is 2.33 bits per heavy atom. The zero-order valence-corrected chi connectivity index (χ0v) is 15.0. The standard InChI is InChI=1S/C17H28BrN3/c1-3-12-19-17-15(18)14(4-2)20-16(21-17)13-10-8-6-5-7-9-11-13/h13H,3-12H2,1-2H3,(H,19,20,21). The number of aromatic nitrogens is 2. The molecule has 1 fully saturated rings. The van der Waals surface area contributed by atoms with Gasteiger partial charge in [-0.1, -0.05) is 46.0 Å². The quantitative estimate of drug-likeness (QED) is 0.764. The molecule has 21 heavy (non-hydrogen) atoms. The molecule has 1 saturated carbocycles. The molecule has 118 valence electrons.